The summed E-state index contributed by atoms with van der Waals surface area (Å²) >= 11 is 0. The van der Waals surface area contributed by atoms with Crippen molar-refractivity contribution in [3.8, 4) is 11.1 Å². The van der Waals surface area contributed by atoms with Gasteiger partial charge in [0.05, 0.1) is 152 Å². The van der Waals surface area contributed by atoms with Crippen molar-refractivity contribution in [3.63, 3.8) is 0 Å². The van der Waals surface area contributed by atoms with Gasteiger partial charge >= 0.3 is 12.1 Å². The number of carbonyl (C=O) groups is 5. The molecule has 0 aromatic heterocycles. The molecule has 418 valence electrons. The van der Waals surface area contributed by atoms with E-state index in [0.717, 1.165) is 22.3 Å². The van der Waals surface area contributed by atoms with Gasteiger partial charge in [-0.1, -0.05) is 48.5 Å². The SMILES string of the molecule is COCCOCCOCCN(CCOCCOCCOC)C(=O)CNC(=O)C[C@H](NCC(=O)N(CCOCCOCCOC)CCOCCOCCOC)C(=O)OC(=O)OCC1c2ccccc2-c2ccccc21. The quantitative estimate of drug-likeness (QED) is 0.0540. The fraction of sp³-hybridized carbons (Fsp3) is 0.667. The van der Waals surface area contributed by atoms with E-state index < -0.39 is 55.4 Å². The number of ether oxygens (including phenoxy) is 14. The molecule has 3 amide bonds. The summed E-state index contributed by atoms with van der Waals surface area (Å²) in [6.45, 7) is 6.17. The molecule has 23 nitrogen and oxygen atoms in total. The number of hydrogen-bond donors (Lipinski definition) is 2. The van der Waals surface area contributed by atoms with E-state index in [1.54, 1.807) is 28.4 Å². The highest BCUT2D eigenvalue weighted by Crippen LogP contribution is 2.44. The van der Waals surface area contributed by atoms with Crippen molar-refractivity contribution in [3.05, 3.63) is 59.7 Å². The van der Waals surface area contributed by atoms with E-state index in [1.807, 2.05) is 48.5 Å². The Morgan fingerprint density at radius 3 is 1.22 bits per heavy atom. The third-order valence-corrected chi connectivity index (χ3v) is 11.1. The van der Waals surface area contributed by atoms with Gasteiger partial charge < -0.3 is 81.4 Å². The number of amides is 3. The van der Waals surface area contributed by atoms with Crippen LogP contribution in [0.1, 0.15) is 23.5 Å². The van der Waals surface area contributed by atoms with Crippen LogP contribution < -0.4 is 10.6 Å². The van der Waals surface area contributed by atoms with Crippen molar-refractivity contribution in [1.29, 1.82) is 0 Å². The summed E-state index contributed by atoms with van der Waals surface area (Å²) in [5, 5.41) is 5.36. The zero-order valence-electron chi connectivity index (χ0n) is 43.7. The Labute approximate surface area is 435 Å². The molecule has 0 bridgehead atoms. The van der Waals surface area contributed by atoms with Gasteiger partial charge in [0.25, 0.3) is 0 Å². The molecule has 0 saturated heterocycles. The van der Waals surface area contributed by atoms with Crippen LogP contribution in [-0.2, 0) is 85.5 Å². The van der Waals surface area contributed by atoms with Gasteiger partial charge in [0.2, 0.25) is 17.7 Å². The maximum absolute atomic E-state index is 13.8. The lowest BCUT2D eigenvalue weighted by Crippen LogP contribution is -2.49. The van der Waals surface area contributed by atoms with E-state index in [9.17, 15) is 24.0 Å². The minimum absolute atomic E-state index is 0.131. The second kappa shape index (κ2) is 41.5. The molecular formula is C51H80N4O19. The van der Waals surface area contributed by atoms with Gasteiger partial charge in [0, 0.05) is 60.5 Å². The summed E-state index contributed by atoms with van der Waals surface area (Å²) < 4.78 is 75.1. The number of fused-ring (bicyclic) bond motifs is 3. The van der Waals surface area contributed by atoms with Gasteiger partial charge in [-0.05, 0) is 22.3 Å². The lowest BCUT2D eigenvalue weighted by atomic mass is 9.98. The highest BCUT2D eigenvalue weighted by Gasteiger charge is 2.32. The number of methoxy groups -OCH3 is 4. The van der Waals surface area contributed by atoms with Crippen LogP contribution in [0.3, 0.4) is 0 Å². The van der Waals surface area contributed by atoms with Crippen LogP contribution in [-0.4, -0.2) is 252 Å². The molecule has 0 unspecified atom stereocenters. The first-order valence-electron chi connectivity index (χ1n) is 24.9. The Morgan fingerprint density at radius 2 is 0.824 bits per heavy atom. The van der Waals surface area contributed by atoms with Crippen LogP contribution in [0.4, 0.5) is 4.79 Å². The molecule has 1 aliphatic carbocycles. The standard InChI is InChI=1S/C51H80N4O19/c1-61-21-25-69-33-29-65-17-13-54(14-18-66-30-34-70-26-22-62-2)48(57)38-52-46(50(59)74-51(60)73-40-45-43-11-7-5-9-41(43)42-10-6-8-12-44(42)45)37-47(56)53-39-49(58)55(15-19-67-31-35-71-27-23-63-3)16-20-68-32-36-72-28-24-64-4/h5-12,45-46,52H,13-40H2,1-4H3,(H,53,56)/t46-/m0/s1. The number of nitrogens with zero attached hydrogens (tertiary/aromatic N) is 2. The first kappa shape index (κ1) is 63.6. The molecule has 0 heterocycles. The average Bonchev–Trinajstić information content (AvgIpc) is 3.73. The minimum Gasteiger partial charge on any atom is -0.433 e. The van der Waals surface area contributed by atoms with Crippen molar-refractivity contribution in [1.82, 2.24) is 20.4 Å². The van der Waals surface area contributed by atoms with Crippen LogP contribution >= 0.6 is 0 Å². The van der Waals surface area contributed by atoms with Gasteiger partial charge in [-0.3, -0.25) is 19.7 Å². The first-order valence-corrected chi connectivity index (χ1v) is 24.9. The smallest absolute Gasteiger partial charge is 0.433 e. The molecule has 3 rings (SSSR count). The predicted molar refractivity (Wildman–Crippen MR) is 268 cm³/mol. The molecule has 1 aliphatic rings. The predicted octanol–water partition coefficient (Wildman–Crippen LogP) is 1.32. The molecule has 0 spiro atoms. The second-order valence-corrected chi connectivity index (χ2v) is 16.3. The summed E-state index contributed by atoms with van der Waals surface area (Å²) in [5.74, 6) is -3.17. The third-order valence-electron chi connectivity index (χ3n) is 11.1. The monoisotopic (exact) mass is 1050 g/mol. The maximum atomic E-state index is 13.8. The van der Waals surface area contributed by atoms with Gasteiger partial charge in [-0.2, -0.15) is 0 Å². The molecular weight excluding hydrogens is 973 g/mol. The van der Waals surface area contributed by atoms with Crippen molar-refractivity contribution in [2.75, 3.05) is 206 Å². The lowest BCUT2D eigenvalue weighted by Gasteiger charge is -2.25. The zero-order valence-corrected chi connectivity index (χ0v) is 43.7. The molecule has 2 aromatic carbocycles. The largest absolute Gasteiger partial charge is 0.516 e. The Kier molecular flexibility index (Phi) is 35.7. The molecule has 0 fully saturated rings. The van der Waals surface area contributed by atoms with Gasteiger partial charge in [-0.15, -0.1) is 0 Å². The third kappa shape index (κ3) is 27.2. The number of rotatable bonds is 46. The molecule has 23 heteroatoms. The van der Waals surface area contributed by atoms with E-state index in [1.165, 1.54) is 9.80 Å². The number of hydrogen-bond acceptors (Lipinski definition) is 20. The number of nitrogens with one attached hydrogen (secondary N) is 2. The first-order chi connectivity index (χ1) is 36.2. The molecule has 2 aromatic rings. The molecule has 0 radical (unpaired) electrons. The van der Waals surface area contributed by atoms with Gasteiger partial charge in [-0.25, -0.2) is 9.59 Å². The summed E-state index contributed by atoms with van der Waals surface area (Å²) in [7, 11) is 6.32. The fourth-order valence-electron chi connectivity index (χ4n) is 7.16. The average molecular weight is 1050 g/mol. The lowest BCUT2D eigenvalue weighted by molar-refractivity contribution is -0.144. The number of carbonyl (C=O) groups excluding carboxylic acids is 5. The van der Waals surface area contributed by atoms with E-state index in [-0.39, 0.29) is 91.6 Å². The molecule has 0 saturated carbocycles. The Morgan fingerprint density at radius 1 is 0.473 bits per heavy atom. The minimum atomic E-state index is -1.53. The van der Waals surface area contributed by atoms with Gasteiger partial charge in [0.15, 0.2) is 0 Å². The summed E-state index contributed by atoms with van der Waals surface area (Å²) in [6, 6.07) is 14.0. The number of benzene rings is 2. The Bertz CT molecular complexity index is 1760. The van der Waals surface area contributed by atoms with Crippen molar-refractivity contribution in [2.45, 2.75) is 18.4 Å². The maximum Gasteiger partial charge on any atom is 0.516 e. The van der Waals surface area contributed by atoms with Gasteiger partial charge in [0.1, 0.15) is 12.6 Å². The van der Waals surface area contributed by atoms with E-state index >= 15 is 0 Å². The highest BCUT2D eigenvalue weighted by atomic mass is 16.7. The summed E-state index contributed by atoms with van der Waals surface area (Å²) in [6.07, 6.45) is -1.91. The van der Waals surface area contributed by atoms with E-state index in [2.05, 4.69) is 10.6 Å². The van der Waals surface area contributed by atoms with Crippen LogP contribution in [0.2, 0.25) is 0 Å². The second-order valence-electron chi connectivity index (χ2n) is 16.3. The van der Waals surface area contributed by atoms with Crippen LogP contribution in [0.15, 0.2) is 48.5 Å². The fourth-order valence-corrected chi connectivity index (χ4v) is 7.16. The van der Waals surface area contributed by atoms with Crippen LogP contribution in [0.25, 0.3) is 11.1 Å². The van der Waals surface area contributed by atoms with E-state index in [0.29, 0.717) is 79.3 Å². The molecule has 74 heavy (non-hydrogen) atoms. The number of esters is 1. The van der Waals surface area contributed by atoms with Crippen molar-refractivity contribution in [2.24, 2.45) is 0 Å². The van der Waals surface area contributed by atoms with Crippen molar-refractivity contribution >= 4 is 29.8 Å². The van der Waals surface area contributed by atoms with E-state index in [4.69, 9.17) is 66.3 Å². The Hall–Kier alpha value is -4.73. The zero-order chi connectivity index (χ0) is 53.3. The summed E-state index contributed by atoms with van der Waals surface area (Å²) in [5.41, 5.74) is 3.92. The van der Waals surface area contributed by atoms with Crippen LogP contribution in [0.5, 0.6) is 0 Å². The highest BCUT2D eigenvalue weighted by molar-refractivity contribution is 5.92. The molecule has 0 aliphatic heterocycles. The molecule has 2 N–H and O–H groups in total. The Balaban J connectivity index is 1.68. The topological polar surface area (TPSA) is 245 Å². The van der Waals surface area contributed by atoms with Crippen LogP contribution in [0, 0.1) is 0 Å². The summed E-state index contributed by atoms with van der Waals surface area (Å²) in [4.78, 5) is 70.8. The molecule has 1 atom stereocenters. The normalized spacial score (nSPS) is 12.3. The van der Waals surface area contributed by atoms with Crippen molar-refractivity contribution < 1.29 is 90.3 Å².